The van der Waals surface area contributed by atoms with Gasteiger partial charge < -0.3 is 13.9 Å². The van der Waals surface area contributed by atoms with Crippen LogP contribution in [0, 0.1) is 0 Å². The molecule has 0 saturated carbocycles. The van der Waals surface area contributed by atoms with Crippen molar-refractivity contribution in [2.45, 2.75) is 0 Å². The van der Waals surface area contributed by atoms with Crippen molar-refractivity contribution < 1.29 is 4.42 Å². The molecule has 0 amide bonds. The number of fused-ring (bicyclic) bond motifs is 7. The van der Waals surface area contributed by atoms with Gasteiger partial charge in [0.25, 0.3) is 0 Å². The van der Waals surface area contributed by atoms with E-state index >= 15 is 0 Å². The highest BCUT2D eigenvalue weighted by Gasteiger charge is 2.23. The molecule has 0 bridgehead atoms. The standard InChI is InChI=1S/C47H30ClN3O/c48-33-27-32(28-37(29-33)50(34-13-3-1-4-14-34)36-24-22-31(23-25-36)42-19-11-12-26-49-42)40-30-41-38-17-7-9-20-43(38)51(35-15-5-2-6-16-35)46(41)45-39-18-8-10-21-44(39)52-47(40)45/h1-30H. The quantitative estimate of drug-likeness (QED) is 0.174. The SMILES string of the molecule is Clc1cc(-c2cc3c4ccccc4n(-c4ccccc4)c3c3c2oc2ccccc23)cc(N(c2ccccc2)c2ccc(-c3ccccn3)cc2)c1. The van der Waals surface area contributed by atoms with E-state index in [-0.39, 0.29) is 0 Å². The molecule has 10 rings (SSSR count). The highest BCUT2D eigenvalue weighted by molar-refractivity contribution is 6.32. The van der Waals surface area contributed by atoms with E-state index < -0.39 is 0 Å². The zero-order valence-corrected chi connectivity index (χ0v) is 28.7. The van der Waals surface area contributed by atoms with Gasteiger partial charge in [-0.25, -0.2) is 0 Å². The Labute approximate surface area is 305 Å². The Morgan fingerprint density at radius 2 is 1.23 bits per heavy atom. The topological polar surface area (TPSA) is 34.2 Å². The van der Waals surface area contributed by atoms with E-state index in [1.165, 1.54) is 5.39 Å². The summed E-state index contributed by atoms with van der Waals surface area (Å²) < 4.78 is 9.19. The van der Waals surface area contributed by atoms with E-state index in [0.29, 0.717) is 5.02 Å². The average Bonchev–Trinajstić information content (AvgIpc) is 3.75. The van der Waals surface area contributed by atoms with E-state index in [1.807, 2.05) is 48.7 Å². The zero-order valence-electron chi connectivity index (χ0n) is 27.9. The second-order valence-electron chi connectivity index (χ2n) is 12.9. The Morgan fingerprint density at radius 3 is 2.02 bits per heavy atom. The maximum Gasteiger partial charge on any atom is 0.145 e. The maximum atomic E-state index is 7.08. The van der Waals surface area contributed by atoms with Gasteiger partial charge in [-0.3, -0.25) is 4.98 Å². The van der Waals surface area contributed by atoms with Crippen molar-refractivity contribution in [3.8, 4) is 28.1 Å². The van der Waals surface area contributed by atoms with Crippen LogP contribution in [0.15, 0.2) is 187 Å². The van der Waals surface area contributed by atoms with Gasteiger partial charge in [-0.1, -0.05) is 103 Å². The molecule has 0 aliphatic heterocycles. The van der Waals surface area contributed by atoms with Crippen LogP contribution in [0.2, 0.25) is 5.02 Å². The summed E-state index contributed by atoms with van der Waals surface area (Å²) in [6.45, 7) is 0. The molecular formula is C47H30ClN3O. The number of rotatable bonds is 6. The van der Waals surface area contributed by atoms with E-state index in [2.05, 4.69) is 148 Å². The molecule has 3 heterocycles. The second kappa shape index (κ2) is 12.3. The van der Waals surface area contributed by atoms with Gasteiger partial charge in [0.1, 0.15) is 11.2 Å². The lowest BCUT2D eigenvalue weighted by Gasteiger charge is -2.26. The number of aromatic nitrogens is 2. The minimum atomic E-state index is 0.634. The Bertz CT molecular complexity index is 2900. The average molecular weight is 688 g/mol. The number of para-hydroxylation sites is 4. The molecule has 4 nitrogen and oxygen atoms in total. The first kappa shape index (κ1) is 30.2. The van der Waals surface area contributed by atoms with Crippen LogP contribution in [0.3, 0.4) is 0 Å². The molecule has 3 aromatic heterocycles. The molecule has 246 valence electrons. The van der Waals surface area contributed by atoms with Gasteiger partial charge in [0.2, 0.25) is 0 Å². The Hall–Kier alpha value is -6.62. The number of pyridine rings is 1. The van der Waals surface area contributed by atoms with Gasteiger partial charge in [0.05, 0.1) is 22.1 Å². The van der Waals surface area contributed by atoms with Crippen molar-refractivity contribution >= 4 is 72.4 Å². The van der Waals surface area contributed by atoms with Crippen LogP contribution < -0.4 is 4.90 Å². The first-order valence-corrected chi connectivity index (χ1v) is 17.7. The Kier molecular flexibility index (Phi) is 7.15. The fourth-order valence-corrected chi connectivity index (χ4v) is 7.82. The molecule has 10 aromatic rings. The molecule has 0 aliphatic rings. The first-order valence-electron chi connectivity index (χ1n) is 17.3. The van der Waals surface area contributed by atoms with E-state index in [0.717, 1.165) is 83.5 Å². The third-order valence-corrected chi connectivity index (χ3v) is 10.1. The Balaban J connectivity index is 1.23. The van der Waals surface area contributed by atoms with Crippen LogP contribution in [-0.4, -0.2) is 9.55 Å². The van der Waals surface area contributed by atoms with Crippen molar-refractivity contribution in [2.75, 3.05) is 4.90 Å². The number of nitrogens with zero attached hydrogens (tertiary/aromatic N) is 3. The molecule has 5 heteroatoms. The lowest BCUT2D eigenvalue weighted by molar-refractivity contribution is 0.670. The third kappa shape index (κ3) is 4.96. The van der Waals surface area contributed by atoms with Crippen molar-refractivity contribution in [1.29, 1.82) is 0 Å². The Morgan fingerprint density at radius 1 is 0.538 bits per heavy atom. The van der Waals surface area contributed by atoms with Crippen LogP contribution >= 0.6 is 11.6 Å². The smallest absolute Gasteiger partial charge is 0.145 e. The van der Waals surface area contributed by atoms with Crippen molar-refractivity contribution in [3.05, 3.63) is 187 Å². The van der Waals surface area contributed by atoms with Crippen molar-refractivity contribution in [3.63, 3.8) is 0 Å². The fourth-order valence-electron chi connectivity index (χ4n) is 7.60. The van der Waals surface area contributed by atoms with Crippen molar-refractivity contribution in [1.82, 2.24) is 9.55 Å². The highest BCUT2D eigenvalue weighted by atomic mass is 35.5. The fraction of sp³-hybridized carbons (Fsp3) is 0. The molecule has 0 aliphatic carbocycles. The predicted molar refractivity (Wildman–Crippen MR) is 216 cm³/mol. The maximum absolute atomic E-state index is 7.08. The number of hydrogen-bond donors (Lipinski definition) is 0. The van der Waals surface area contributed by atoms with E-state index in [1.54, 1.807) is 0 Å². The van der Waals surface area contributed by atoms with Gasteiger partial charge in [0.15, 0.2) is 0 Å². The summed E-state index contributed by atoms with van der Waals surface area (Å²) >= 11 is 7.08. The summed E-state index contributed by atoms with van der Waals surface area (Å²) in [5.74, 6) is 0. The molecule has 0 fully saturated rings. The molecular weight excluding hydrogens is 658 g/mol. The van der Waals surface area contributed by atoms with Crippen LogP contribution in [0.5, 0.6) is 0 Å². The summed E-state index contributed by atoms with van der Waals surface area (Å²) in [5.41, 5.74) is 12.0. The van der Waals surface area contributed by atoms with Crippen molar-refractivity contribution in [2.24, 2.45) is 0 Å². The van der Waals surface area contributed by atoms with Crippen LogP contribution in [0.25, 0.3) is 71.8 Å². The summed E-state index contributed by atoms with van der Waals surface area (Å²) in [7, 11) is 0. The minimum absolute atomic E-state index is 0.634. The van der Waals surface area contributed by atoms with Gasteiger partial charge in [-0.05, 0) is 90.5 Å². The van der Waals surface area contributed by atoms with Crippen LogP contribution in [0.4, 0.5) is 17.1 Å². The lowest BCUT2D eigenvalue weighted by Crippen LogP contribution is -2.10. The molecule has 0 atom stereocenters. The highest BCUT2D eigenvalue weighted by Crippen LogP contribution is 2.47. The lowest BCUT2D eigenvalue weighted by atomic mass is 9.97. The number of benzene rings is 7. The van der Waals surface area contributed by atoms with Crippen LogP contribution in [-0.2, 0) is 0 Å². The monoisotopic (exact) mass is 687 g/mol. The molecule has 0 radical (unpaired) electrons. The molecule has 0 unspecified atom stereocenters. The third-order valence-electron chi connectivity index (χ3n) is 9.85. The number of hydrogen-bond acceptors (Lipinski definition) is 3. The molecule has 0 spiro atoms. The normalized spacial score (nSPS) is 11.6. The number of furan rings is 1. The summed E-state index contributed by atoms with van der Waals surface area (Å²) in [5, 5.41) is 5.12. The van der Waals surface area contributed by atoms with Gasteiger partial charge in [-0.2, -0.15) is 0 Å². The summed E-state index contributed by atoms with van der Waals surface area (Å²) in [6, 6.07) is 61.0. The van der Waals surface area contributed by atoms with E-state index in [4.69, 9.17) is 16.0 Å². The predicted octanol–water partition coefficient (Wildman–Crippen LogP) is 13.5. The second-order valence-corrected chi connectivity index (χ2v) is 13.4. The largest absolute Gasteiger partial charge is 0.455 e. The molecule has 7 aromatic carbocycles. The minimum Gasteiger partial charge on any atom is -0.455 e. The number of anilines is 3. The number of halogens is 1. The molecule has 0 N–H and O–H groups in total. The van der Waals surface area contributed by atoms with Gasteiger partial charge >= 0.3 is 0 Å². The zero-order chi connectivity index (χ0) is 34.6. The van der Waals surface area contributed by atoms with Crippen LogP contribution in [0.1, 0.15) is 0 Å². The van der Waals surface area contributed by atoms with Gasteiger partial charge in [0, 0.05) is 61.3 Å². The first-order chi connectivity index (χ1) is 25.7. The molecule has 0 saturated heterocycles. The summed E-state index contributed by atoms with van der Waals surface area (Å²) in [4.78, 5) is 6.80. The summed E-state index contributed by atoms with van der Waals surface area (Å²) in [6.07, 6.45) is 1.82. The van der Waals surface area contributed by atoms with E-state index in [9.17, 15) is 0 Å². The molecule has 52 heavy (non-hydrogen) atoms. The van der Waals surface area contributed by atoms with Gasteiger partial charge in [-0.15, -0.1) is 0 Å².